The van der Waals surface area contributed by atoms with Gasteiger partial charge >= 0.3 is 5.97 Å². The second-order valence-corrected chi connectivity index (χ2v) is 9.11. The van der Waals surface area contributed by atoms with Crippen molar-refractivity contribution in [3.63, 3.8) is 0 Å². The van der Waals surface area contributed by atoms with E-state index in [1.165, 1.54) is 50.2 Å². The molecule has 0 spiro atoms. The van der Waals surface area contributed by atoms with Crippen LogP contribution in [0.5, 0.6) is 5.75 Å². The van der Waals surface area contributed by atoms with Crippen molar-refractivity contribution < 1.29 is 32.3 Å². The summed E-state index contributed by atoms with van der Waals surface area (Å²) in [7, 11) is 0.351. The number of carbonyl (C=O) groups is 3. The second-order valence-electron chi connectivity index (χ2n) is 7.06. The molecule has 2 aromatic rings. The summed E-state index contributed by atoms with van der Waals surface area (Å²) in [6.45, 7) is 0.539. The van der Waals surface area contributed by atoms with Gasteiger partial charge in [0.2, 0.25) is 10.0 Å². The first-order valence-electron chi connectivity index (χ1n) is 9.65. The van der Waals surface area contributed by atoms with Crippen molar-refractivity contribution in [3.05, 3.63) is 59.7 Å². The third kappa shape index (κ3) is 6.38. The van der Waals surface area contributed by atoms with E-state index < -0.39 is 35.1 Å². The first kappa shape index (κ1) is 25.0. The fourth-order valence-corrected chi connectivity index (χ4v) is 3.90. The van der Waals surface area contributed by atoms with Crippen LogP contribution in [0.2, 0.25) is 0 Å². The average Bonchev–Trinajstić information content (AvgIpc) is 2.77. The molecule has 0 atom stereocenters. The number of esters is 1. The van der Waals surface area contributed by atoms with E-state index in [2.05, 4.69) is 0 Å². The van der Waals surface area contributed by atoms with E-state index in [4.69, 9.17) is 9.47 Å². The predicted octanol–water partition coefficient (Wildman–Crippen LogP) is 1.72. The molecule has 0 N–H and O–H groups in total. The number of sulfonamides is 1. The fourth-order valence-electron chi connectivity index (χ4n) is 2.78. The van der Waals surface area contributed by atoms with E-state index in [-0.39, 0.29) is 17.2 Å². The van der Waals surface area contributed by atoms with E-state index in [1.54, 1.807) is 13.1 Å². The highest BCUT2D eigenvalue weighted by molar-refractivity contribution is 7.89. The number of methoxy groups -OCH3 is 1. The summed E-state index contributed by atoms with van der Waals surface area (Å²) in [6.07, 6.45) is 0. The monoisotopic (exact) mass is 462 g/mol. The Labute approximate surface area is 187 Å². The Morgan fingerprint density at radius 3 is 2.19 bits per heavy atom. The number of Topliss-reactive ketones (excluding diaryl/α,β-unsaturated/α-hetero) is 1. The number of hydrogen-bond donors (Lipinski definition) is 0. The molecule has 0 aromatic heterocycles. The first-order valence-corrected chi connectivity index (χ1v) is 11.1. The lowest BCUT2D eigenvalue weighted by Crippen LogP contribution is -2.35. The van der Waals surface area contributed by atoms with Crippen LogP contribution < -0.4 is 4.74 Å². The number of nitrogens with zero attached hydrogens (tertiary/aromatic N) is 2. The molecule has 1 amide bonds. The molecule has 0 unspecified atom stereocenters. The van der Waals surface area contributed by atoms with Crippen molar-refractivity contribution in [3.8, 4) is 5.75 Å². The summed E-state index contributed by atoms with van der Waals surface area (Å²) in [6, 6.07) is 12.6. The van der Waals surface area contributed by atoms with Crippen LogP contribution in [-0.4, -0.2) is 69.6 Å². The zero-order valence-electron chi connectivity index (χ0n) is 18.4. The lowest BCUT2D eigenvalue weighted by molar-refractivity contribution is -0.151. The Kier molecular flexibility index (Phi) is 8.50. The molecule has 0 aliphatic rings. The molecule has 32 heavy (non-hydrogen) atoms. The third-order valence-electron chi connectivity index (χ3n) is 4.70. The van der Waals surface area contributed by atoms with Crippen LogP contribution in [0, 0.1) is 0 Å². The maximum atomic E-state index is 12.6. The summed E-state index contributed by atoms with van der Waals surface area (Å²) in [5.74, 6) is -0.872. The molecule has 2 aromatic carbocycles. The van der Waals surface area contributed by atoms with Gasteiger partial charge < -0.3 is 14.4 Å². The minimum atomic E-state index is -3.97. The van der Waals surface area contributed by atoms with Crippen LogP contribution in [0.25, 0.3) is 0 Å². The van der Waals surface area contributed by atoms with Gasteiger partial charge in [-0.05, 0) is 25.1 Å². The van der Waals surface area contributed by atoms with Crippen molar-refractivity contribution in [1.29, 1.82) is 0 Å². The lowest BCUT2D eigenvalue weighted by Gasteiger charge is -2.19. The third-order valence-corrected chi connectivity index (χ3v) is 6.52. The van der Waals surface area contributed by atoms with E-state index in [0.29, 0.717) is 11.3 Å². The fraction of sp³-hybridized carbons (Fsp3) is 0.318. The van der Waals surface area contributed by atoms with Gasteiger partial charge in [0.1, 0.15) is 12.3 Å². The van der Waals surface area contributed by atoms with E-state index in [0.717, 1.165) is 9.87 Å². The summed E-state index contributed by atoms with van der Waals surface area (Å²) in [4.78, 5) is 37.0. The number of likely N-dealkylation sites (N-methyl/N-ethyl adjacent to an activating group) is 2. The van der Waals surface area contributed by atoms with Gasteiger partial charge in [0.15, 0.2) is 12.4 Å². The molecule has 172 valence electrons. The lowest BCUT2D eigenvalue weighted by atomic mass is 10.2. The molecule has 0 saturated carbocycles. The number of hydrogen-bond acceptors (Lipinski definition) is 7. The molecule has 0 aliphatic heterocycles. The Morgan fingerprint density at radius 1 is 0.969 bits per heavy atom. The number of rotatable bonds is 10. The van der Waals surface area contributed by atoms with Crippen molar-refractivity contribution >= 4 is 27.7 Å². The Bertz CT molecular complexity index is 1080. The maximum Gasteiger partial charge on any atom is 0.321 e. The quantitative estimate of drug-likeness (QED) is 0.390. The molecule has 0 aliphatic carbocycles. The minimum absolute atomic E-state index is 0.0644. The molecular formula is C22H26N2O7S. The second kappa shape index (κ2) is 10.9. The Hall–Kier alpha value is -3.24. The largest absolute Gasteiger partial charge is 0.496 e. The number of benzene rings is 2. The zero-order valence-corrected chi connectivity index (χ0v) is 19.2. The number of para-hydroxylation sites is 1. The van der Waals surface area contributed by atoms with Crippen molar-refractivity contribution in [2.75, 3.05) is 34.4 Å². The summed E-state index contributed by atoms with van der Waals surface area (Å²) in [5.41, 5.74) is 1.17. The van der Waals surface area contributed by atoms with Gasteiger partial charge in [-0.15, -0.1) is 0 Å². The Balaban J connectivity index is 1.90. The molecular weight excluding hydrogens is 436 g/mol. The summed E-state index contributed by atoms with van der Waals surface area (Å²) < 4.78 is 36.2. The van der Waals surface area contributed by atoms with Gasteiger partial charge in [0.05, 0.1) is 12.0 Å². The topological polar surface area (TPSA) is 110 Å². The number of ether oxygens (including phenoxy) is 2. The summed E-state index contributed by atoms with van der Waals surface area (Å²) >= 11 is 0. The maximum absolute atomic E-state index is 12.6. The molecule has 0 fully saturated rings. The predicted molar refractivity (Wildman–Crippen MR) is 117 cm³/mol. The normalized spacial score (nSPS) is 11.2. The van der Waals surface area contributed by atoms with Gasteiger partial charge in [-0.1, -0.05) is 30.3 Å². The number of carbonyl (C=O) groups excluding carboxylic acids is 3. The molecule has 0 bridgehead atoms. The molecule has 0 saturated heterocycles. The molecule has 10 heteroatoms. The van der Waals surface area contributed by atoms with Gasteiger partial charge in [0.25, 0.3) is 5.91 Å². The van der Waals surface area contributed by atoms with Crippen LogP contribution in [0.1, 0.15) is 22.8 Å². The molecule has 9 nitrogen and oxygen atoms in total. The van der Waals surface area contributed by atoms with Crippen molar-refractivity contribution in [2.45, 2.75) is 18.4 Å². The standard InChI is InChI=1S/C22H26N2O7S/c1-16(25)17-9-11-19(12-10-17)32(28,29)24(3)14-22(27)31-15-21(26)23(2)13-18-7-5-6-8-20(18)30-4/h5-12H,13-15H2,1-4H3. The Morgan fingerprint density at radius 2 is 1.59 bits per heavy atom. The molecule has 0 radical (unpaired) electrons. The van der Waals surface area contributed by atoms with Crippen LogP contribution in [0.15, 0.2) is 53.4 Å². The van der Waals surface area contributed by atoms with Crippen LogP contribution in [0.4, 0.5) is 0 Å². The minimum Gasteiger partial charge on any atom is -0.496 e. The van der Waals surface area contributed by atoms with Crippen LogP contribution in [-0.2, 0) is 30.9 Å². The smallest absolute Gasteiger partial charge is 0.321 e. The first-order chi connectivity index (χ1) is 15.1. The van der Waals surface area contributed by atoms with E-state index in [1.807, 2.05) is 18.2 Å². The van der Waals surface area contributed by atoms with Gasteiger partial charge in [0, 0.05) is 31.8 Å². The van der Waals surface area contributed by atoms with Crippen molar-refractivity contribution in [2.24, 2.45) is 0 Å². The highest BCUT2D eigenvalue weighted by Crippen LogP contribution is 2.19. The van der Waals surface area contributed by atoms with Crippen molar-refractivity contribution in [1.82, 2.24) is 9.21 Å². The van der Waals surface area contributed by atoms with Gasteiger partial charge in [-0.25, -0.2) is 8.42 Å². The summed E-state index contributed by atoms with van der Waals surface area (Å²) in [5, 5.41) is 0. The highest BCUT2D eigenvalue weighted by atomic mass is 32.2. The van der Waals surface area contributed by atoms with E-state index >= 15 is 0 Å². The van der Waals surface area contributed by atoms with Crippen LogP contribution >= 0.6 is 0 Å². The number of ketones is 1. The van der Waals surface area contributed by atoms with Gasteiger partial charge in [-0.3, -0.25) is 14.4 Å². The van der Waals surface area contributed by atoms with E-state index in [9.17, 15) is 22.8 Å². The SMILES string of the molecule is COc1ccccc1CN(C)C(=O)COC(=O)CN(C)S(=O)(=O)c1ccc(C(C)=O)cc1. The highest BCUT2D eigenvalue weighted by Gasteiger charge is 2.24. The van der Waals surface area contributed by atoms with Crippen LogP contribution in [0.3, 0.4) is 0 Å². The number of amides is 1. The molecule has 2 rings (SSSR count). The van der Waals surface area contributed by atoms with Gasteiger partial charge in [-0.2, -0.15) is 4.31 Å². The zero-order chi connectivity index (χ0) is 23.9. The molecule has 0 heterocycles. The average molecular weight is 463 g/mol.